The predicted octanol–water partition coefficient (Wildman–Crippen LogP) is 5.67. The van der Waals surface area contributed by atoms with Crippen molar-refractivity contribution < 1.29 is 27.0 Å². The number of fused-ring (bicyclic) bond motifs is 1. The quantitative estimate of drug-likeness (QED) is 0.329. The van der Waals surface area contributed by atoms with Gasteiger partial charge in [-0.15, -0.1) is 29.3 Å². The maximum absolute atomic E-state index is 8.20. The van der Waals surface area contributed by atoms with Crippen LogP contribution in [0.15, 0.2) is 78.9 Å². The molecule has 0 aliphatic rings. The van der Waals surface area contributed by atoms with Crippen LogP contribution < -0.4 is 0 Å². The smallest absolute Gasteiger partial charge is 0.0623 e. The van der Waals surface area contributed by atoms with Gasteiger partial charge in [0.1, 0.15) is 0 Å². The molecule has 0 unspecified atom stereocenters. The summed E-state index contributed by atoms with van der Waals surface area (Å²) in [5.41, 5.74) is 3.15. The summed E-state index contributed by atoms with van der Waals surface area (Å²) < 4.78 is 39.9. The van der Waals surface area contributed by atoms with Gasteiger partial charge in [0.25, 0.3) is 0 Å². The van der Waals surface area contributed by atoms with Gasteiger partial charge < -0.3 is 4.98 Å². The van der Waals surface area contributed by atoms with Gasteiger partial charge in [-0.1, -0.05) is 72.5 Å². The molecular formula is C22H16IrN-. The molecule has 1 heterocycles. The van der Waals surface area contributed by atoms with Crippen molar-refractivity contribution in [2.75, 3.05) is 0 Å². The van der Waals surface area contributed by atoms with Crippen LogP contribution in [0.25, 0.3) is 33.2 Å². The molecule has 4 aromatic rings. The summed E-state index contributed by atoms with van der Waals surface area (Å²) in [6, 6.07) is 15.2. The van der Waals surface area contributed by atoms with Crippen molar-refractivity contribution in [3.63, 3.8) is 0 Å². The number of aromatic nitrogens is 1. The molecule has 0 saturated heterocycles. The zero-order valence-corrected chi connectivity index (χ0v) is 15.3. The van der Waals surface area contributed by atoms with E-state index in [-0.39, 0.29) is 49.8 Å². The van der Waals surface area contributed by atoms with E-state index < -0.39 is 6.04 Å². The van der Waals surface area contributed by atoms with Crippen molar-refractivity contribution in [2.24, 2.45) is 0 Å². The first kappa shape index (κ1) is 11.3. The van der Waals surface area contributed by atoms with Crippen LogP contribution in [0.3, 0.4) is 0 Å². The molecule has 2 heteroatoms. The topological polar surface area (TPSA) is 12.9 Å². The molecule has 0 amide bonds. The number of pyridine rings is 1. The van der Waals surface area contributed by atoms with E-state index in [1.54, 1.807) is 12.3 Å². The van der Waals surface area contributed by atoms with Gasteiger partial charge in [-0.2, -0.15) is 0 Å². The average Bonchev–Trinajstić information content (AvgIpc) is 2.71. The molecule has 1 aromatic heterocycles. The van der Waals surface area contributed by atoms with Gasteiger partial charge in [0.2, 0.25) is 0 Å². The van der Waals surface area contributed by atoms with Gasteiger partial charge in [-0.05, 0) is 22.5 Å². The Labute approximate surface area is 162 Å². The molecule has 0 fully saturated rings. The van der Waals surface area contributed by atoms with Crippen LogP contribution in [0, 0.1) is 13.0 Å². The standard InChI is InChI=1S/C22H16N.Ir/c1-16-15-19(11-12-20(16)17-7-3-2-4-8-17)22-21-10-6-5-9-18(21)13-14-23-22;/h2-10,12-15H,1H3;/q-1;/i2D,3D,4D,7D,8D;. The average molecular weight is 492 g/mol. The van der Waals surface area contributed by atoms with Crippen molar-refractivity contribution in [1.82, 2.24) is 4.98 Å². The van der Waals surface area contributed by atoms with Crippen LogP contribution in [-0.2, 0) is 20.1 Å². The fourth-order valence-corrected chi connectivity index (χ4v) is 2.72. The summed E-state index contributed by atoms with van der Waals surface area (Å²) in [5, 5.41) is 2.09. The monoisotopic (exact) mass is 492 g/mol. The molecule has 0 aliphatic carbocycles. The van der Waals surface area contributed by atoms with Gasteiger partial charge in [0, 0.05) is 26.3 Å². The third-order valence-corrected chi connectivity index (χ3v) is 3.86. The Kier molecular flexibility index (Phi) is 3.34. The Morgan fingerprint density at radius 2 is 1.83 bits per heavy atom. The predicted molar refractivity (Wildman–Crippen MR) is 96.2 cm³/mol. The van der Waals surface area contributed by atoms with Crippen LogP contribution in [0.5, 0.6) is 0 Å². The van der Waals surface area contributed by atoms with Crippen LogP contribution in [0.2, 0.25) is 0 Å². The Morgan fingerprint density at radius 1 is 1.04 bits per heavy atom. The second-order valence-electron chi connectivity index (χ2n) is 5.32. The second-order valence-corrected chi connectivity index (χ2v) is 5.32. The van der Waals surface area contributed by atoms with E-state index in [1.807, 2.05) is 43.3 Å². The third-order valence-electron chi connectivity index (χ3n) is 3.86. The van der Waals surface area contributed by atoms with Crippen molar-refractivity contribution >= 4 is 10.8 Å². The van der Waals surface area contributed by atoms with Gasteiger partial charge in [0.15, 0.2) is 0 Å². The van der Waals surface area contributed by atoms with E-state index in [0.717, 1.165) is 27.6 Å². The molecule has 0 aliphatic heterocycles. The molecule has 0 bridgehead atoms. The second kappa shape index (κ2) is 7.09. The minimum atomic E-state index is -0.392. The number of aryl methyl sites for hydroxylation is 1. The van der Waals surface area contributed by atoms with E-state index in [1.165, 1.54) is 0 Å². The fourth-order valence-electron chi connectivity index (χ4n) is 2.72. The number of benzene rings is 3. The van der Waals surface area contributed by atoms with Crippen LogP contribution in [0.1, 0.15) is 12.4 Å². The molecule has 4 rings (SSSR count). The molecule has 1 radical (unpaired) electrons. The Morgan fingerprint density at radius 3 is 2.62 bits per heavy atom. The number of rotatable bonds is 2. The molecule has 3 aromatic carbocycles. The molecule has 24 heavy (non-hydrogen) atoms. The summed E-state index contributed by atoms with van der Waals surface area (Å²) in [6.07, 6.45) is 1.75. The molecule has 0 saturated carbocycles. The first-order valence-electron chi connectivity index (χ1n) is 9.84. The largest absolute Gasteiger partial charge is 0.304 e. The third kappa shape index (κ3) is 3.03. The summed E-state index contributed by atoms with van der Waals surface area (Å²) in [4.78, 5) is 4.51. The Hall–Kier alpha value is -2.28. The minimum Gasteiger partial charge on any atom is -0.304 e. The molecule has 0 N–H and O–H groups in total. The summed E-state index contributed by atoms with van der Waals surface area (Å²) >= 11 is 0. The molecule has 0 atom stereocenters. The maximum Gasteiger partial charge on any atom is 0.0623 e. The maximum atomic E-state index is 8.20. The zero-order chi connectivity index (χ0) is 20.0. The van der Waals surface area contributed by atoms with E-state index in [4.69, 9.17) is 6.85 Å². The Bertz CT molecular complexity index is 1210. The number of nitrogens with zero attached hydrogens (tertiary/aromatic N) is 1. The van der Waals surface area contributed by atoms with Crippen molar-refractivity contribution in [3.8, 4) is 22.4 Å². The van der Waals surface area contributed by atoms with Gasteiger partial charge in [-0.25, -0.2) is 0 Å². The Balaban J connectivity index is 0.00000240. The van der Waals surface area contributed by atoms with E-state index >= 15 is 0 Å². The summed E-state index contributed by atoms with van der Waals surface area (Å²) in [7, 11) is 0. The number of hydrogen-bond donors (Lipinski definition) is 0. The molecule has 119 valence electrons. The first-order chi connectivity index (χ1) is 13.4. The van der Waals surface area contributed by atoms with E-state index in [9.17, 15) is 0 Å². The molecule has 1 nitrogen and oxygen atoms in total. The first-order valence-corrected chi connectivity index (χ1v) is 7.34. The minimum absolute atomic E-state index is 0. The van der Waals surface area contributed by atoms with Crippen LogP contribution in [-0.4, -0.2) is 4.98 Å². The van der Waals surface area contributed by atoms with E-state index in [0.29, 0.717) is 5.56 Å². The van der Waals surface area contributed by atoms with Crippen molar-refractivity contribution in [2.45, 2.75) is 6.92 Å². The summed E-state index contributed by atoms with van der Waals surface area (Å²) in [5.74, 6) is 0. The number of hydrogen-bond acceptors (Lipinski definition) is 1. The summed E-state index contributed by atoms with van der Waals surface area (Å²) in [6.45, 7) is 1.86. The van der Waals surface area contributed by atoms with Crippen LogP contribution >= 0.6 is 0 Å². The molecule has 0 spiro atoms. The van der Waals surface area contributed by atoms with Gasteiger partial charge >= 0.3 is 0 Å². The zero-order valence-electron chi connectivity index (χ0n) is 17.9. The van der Waals surface area contributed by atoms with E-state index in [2.05, 4.69) is 11.1 Å². The van der Waals surface area contributed by atoms with Crippen molar-refractivity contribution in [1.29, 1.82) is 0 Å². The van der Waals surface area contributed by atoms with Crippen molar-refractivity contribution in [3.05, 3.63) is 90.5 Å². The van der Waals surface area contributed by atoms with Gasteiger partial charge in [-0.3, -0.25) is 0 Å². The molecular weight excluding hydrogens is 470 g/mol. The SMILES string of the molecule is [2H]c1c([2H])c([2H])c(-c2c[c-]c(-c3nccc4ccccc34)cc2C)c([2H])c1[2H].[Ir]. The normalized spacial score (nSPS) is 13.3. The van der Waals surface area contributed by atoms with Crippen LogP contribution in [0.4, 0.5) is 0 Å². The van der Waals surface area contributed by atoms with Gasteiger partial charge in [0.05, 0.1) is 6.85 Å². The fraction of sp³-hybridized carbons (Fsp3) is 0.0455.